The molecule has 0 atom stereocenters. The van der Waals surface area contributed by atoms with Crippen molar-refractivity contribution in [3.63, 3.8) is 0 Å². The van der Waals surface area contributed by atoms with E-state index >= 15 is 0 Å². The third-order valence-corrected chi connectivity index (χ3v) is 3.39. The highest BCUT2D eigenvalue weighted by Crippen LogP contribution is 2.28. The molecule has 0 saturated carbocycles. The van der Waals surface area contributed by atoms with Gasteiger partial charge in [0.1, 0.15) is 18.0 Å². The molecule has 0 unspecified atom stereocenters. The second kappa shape index (κ2) is 4.67. The maximum absolute atomic E-state index is 13.6. The third kappa shape index (κ3) is 1.95. The zero-order valence-corrected chi connectivity index (χ0v) is 11.6. The Morgan fingerprint density at radius 3 is 2.80 bits per heavy atom. The van der Waals surface area contributed by atoms with Gasteiger partial charge in [-0.05, 0) is 25.0 Å². The van der Waals surface area contributed by atoms with Crippen LogP contribution in [0.4, 0.5) is 4.39 Å². The van der Waals surface area contributed by atoms with Gasteiger partial charge in [0.05, 0.1) is 22.3 Å². The summed E-state index contributed by atoms with van der Waals surface area (Å²) in [7, 11) is 0. The van der Waals surface area contributed by atoms with Crippen LogP contribution in [0.15, 0.2) is 24.7 Å². The molecule has 0 saturated heterocycles. The van der Waals surface area contributed by atoms with Crippen LogP contribution in [0.2, 0.25) is 0 Å². The highest BCUT2D eigenvalue weighted by molar-refractivity contribution is 5.82. The lowest BCUT2D eigenvalue weighted by atomic mass is 10.1. The molecule has 20 heavy (non-hydrogen) atoms. The molecule has 3 aromatic rings. The van der Waals surface area contributed by atoms with Crippen LogP contribution in [-0.4, -0.2) is 19.9 Å². The van der Waals surface area contributed by atoms with Gasteiger partial charge in [-0.2, -0.15) is 0 Å². The number of aromatic amines is 1. The van der Waals surface area contributed by atoms with Crippen LogP contribution in [0.5, 0.6) is 0 Å². The van der Waals surface area contributed by atoms with Crippen LogP contribution in [-0.2, 0) is 0 Å². The highest BCUT2D eigenvalue weighted by atomic mass is 19.1. The normalized spacial score (nSPS) is 11.4. The van der Waals surface area contributed by atoms with Gasteiger partial charge >= 0.3 is 0 Å². The van der Waals surface area contributed by atoms with Gasteiger partial charge in [-0.3, -0.25) is 0 Å². The molecular formula is C15H15FN4. The van der Waals surface area contributed by atoms with E-state index in [9.17, 15) is 4.39 Å². The van der Waals surface area contributed by atoms with Crippen molar-refractivity contribution in [1.82, 2.24) is 19.9 Å². The summed E-state index contributed by atoms with van der Waals surface area (Å²) in [5.74, 6) is 0.695. The average Bonchev–Trinajstić information content (AvgIpc) is 2.88. The predicted octanol–water partition coefficient (Wildman–Crippen LogP) is 3.59. The van der Waals surface area contributed by atoms with E-state index in [0.29, 0.717) is 16.9 Å². The van der Waals surface area contributed by atoms with Gasteiger partial charge in [-0.25, -0.2) is 19.3 Å². The zero-order chi connectivity index (χ0) is 14.3. The maximum Gasteiger partial charge on any atom is 0.141 e. The monoisotopic (exact) mass is 270 g/mol. The third-order valence-electron chi connectivity index (χ3n) is 3.39. The quantitative estimate of drug-likeness (QED) is 0.774. The largest absolute Gasteiger partial charge is 0.338 e. The van der Waals surface area contributed by atoms with Crippen LogP contribution < -0.4 is 0 Å². The Morgan fingerprint density at radius 2 is 2.05 bits per heavy atom. The molecule has 0 aliphatic rings. The molecule has 1 N–H and O–H groups in total. The number of H-pyrrole nitrogens is 1. The van der Waals surface area contributed by atoms with Crippen molar-refractivity contribution < 1.29 is 4.39 Å². The van der Waals surface area contributed by atoms with Crippen molar-refractivity contribution >= 4 is 11.0 Å². The Kier molecular flexibility index (Phi) is 2.97. The minimum absolute atomic E-state index is 0.246. The fourth-order valence-electron chi connectivity index (χ4n) is 2.30. The Morgan fingerprint density at radius 1 is 1.25 bits per heavy atom. The number of halogens is 1. The van der Waals surface area contributed by atoms with E-state index in [1.807, 2.05) is 0 Å². The first kappa shape index (κ1) is 12.7. The summed E-state index contributed by atoms with van der Waals surface area (Å²) < 4.78 is 13.6. The number of nitrogens with one attached hydrogen (secondary N) is 1. The van der Waals surface area contributed by atoms with Crippen LogP contribution in [0.1, 0.15) is 31.0 Å². The lowest BCUT2D eigenvalue weighted by Crippen LogP contribution is -1.98. The fraction of sp³-hybridized carbons (Fsp3) is 0.267. The van der Waals surface area contributed by atoms with Crippen LogP contribution in [0, 0.1) is 12.7 Å². The second-order valence-electron chi connectivity index (χ2n) is 5.13. The fourth-order valence-corrected chi connectivity index (χ4v) is 2.30. The minimum atomic E-state index is -0.246. The number of aromatic nitrogens is 4. The van der Waals surface area contributed by atoms with Gasteiger partial charge in [0.15, 0.2) is 0 Å². The molecule has 102 valence electrons. The molecule has 4 nitrogen and oxygen atoms in total. The molecule has 0 amide bonds. The van der Waals surface area contributed by atoms with E-state index in [1.54, 1.807) is 19.2 Å². The smallest absolute Gasteiger partial charge is 0.141 e. The Labute approximate surface area is 116 Å². The number of imidazole rings is 1. The number of hydrogen-bond acceptors (Lipinski definition) is 3. The maximum atomic E-state index is 13.6. The number of fused-ring (bicyclic) bond motifs is 1. The van der Waals surface area contributed by atoms with Crippen molar-refractivity contribution in [2.75, 3.05) is 0 Å². The number of nitrogens with zero attached hydrogens (tertiary/aromatic N) is 3. The number of rotatable bonds is 2. The molecule has 2 aromatic heterocycles. The first-order valence-corrected chi connectivity index (χ1v) is 6.53. The van der Waals surface area contributed by atoms with Crippen molar-refractivity contribution in [3.8, 4) is 11.4 Å². The van der Waals surface area contributed by atoms with Gasteiger partial charge in [0, 0.05) is 11.8 Å². The average molecular weight is 270 g/mol. The van der Waals surface area contributed by atoms with Crippen molar-refractivity contribution in [2.45, 2.75) is 26.7 Å². The summed E-state index contributed by atoms with van der Waals surface area (Å²) in [5.41, 5.74) is 3.81. The first-order valence-electron chi connectivity index (χ1n) is 6.53. The highest BCUT2D eigenvalue weighted by Gasteiger charge is 2.15. The molecule has 1 aromatic carbocycles. The molecule has 5 heteroatoms. The Bertz CT molecular complexity index is 777. The standard InChI is InChI=1S/C15H15FN4/c1-8(2)13-10(6-17-7-18-13)15-19-12-5-4-11(16)9(3)14(12)20-15/h4-8H,1-3H3,(H,19,20). The Balaban J connectivity index is 2.23. The van der Waals surface area contributed by atoms with Crippen LogP contribution in [0.3, 0.4) is 0 Å². The van der Waals surface area contributed by atoms with Gasteiger partial charge in [-0.1, -0.05) is 13.8 Å². The van der Waals surface area contributed by atoms with Gasteiger partial charge in [0.2, 0.25) is 0 Å². The van der Waals surface area contributed by atoms with Gasteiger partial charge in [0.25, 0.3) is 0 Å². The molecule has 0 bridgehead atoms. The first-order chi connectivity index (χ1) is 9.58. The lowest BCUT2D eigenvalue weighted by molar-refractivity contribution is 0.620. The van der Waals surface area contributed by atoms with Crippen LogP contribution in [0.25, 0.3) is 22.4 Å². The van der Waals surface area contributed by atoms with Crippen molar-refractivity contribution in [1.29, 1.82) is 0 Å². The zero-order valence-electron chi connectivity index (χ0n) is 11.6. The minimum Gasteiger partial charge on any atom is -0.338 e. The van der Waals surface area contributed by atoms with E-state index in [2.05, 4.69) is 33.8 Å². The summed E-state index contributed by atoms with van der Waals surface area (Å²) >= 11 is 0. The van der Waals surface area contributed by atoms with E-state index in [0.717, 1.165) is 16.8 Å². The number of aryl methyl sites for hydroxylation is 1. The summed E-state index contributed by atoms with van der Waals surface area (Å²) in [6, 6.07) is 3.15. The van der Waals surface area contributed by atoms with Gasteiger partial charge in [-0.15, -0.1) is 0 Å². The van der Waals surface area contributed by atoms with E-state index in [-0.39, 0.29) is 11.7 Å². The predicted molar refractivity (Wildman–Crippen MR) is 75.9 cm³/mol. The molecule has 3 rings (SSSR count). The topological polar surface area (TPSA) is 54.5 Å². The molecule has 0 spiro atoms. The SMILES string of the molecule is Cc1c(F)ccc2[nH]c(-c3cncnc3C(C)C)nc12. The summed E-state index contributed by atoms with van der Waals surface area (Å²) in [5, 5.41) is 0. The summed E-state index contributed by atoms with van der Waals surface area (Å²) in [6.45, 7) is 5.87. The molecular weight excluding hydrogens is 255 g/mol. The van der Waals surface area contributed by atoms with E-state index < -0.39 is 0 Å². The van der Waals surface area contributed by atoms with E-state index in [1.165, 1.54) is 12.4 Å². The second-order valence-corrected chi connectivity index (χ2v) is 5.13. The molecule has 0 aliphatic heterocycles. The van der Waals surface area contributed by atoms with Crippen molar-refractivity contribution in [3.05, 3.63) is 41.7 Å². The Hall–Kier alpha value is -2.30. The summed E-state index contributed by atoms with van der Waals surface area (Å²) in [6.07, 6.45) is 3.28. The van der Waals surface area contributed by atoms with Crippen LogP contribution >= 0.6 is 0 Å². The van der Waals surface area contributed by atoms with E-state index in [4.69, 9.17) is 0 Å². The molecule has 0 fully saturated rings. The molecule has 0 radical (unpaired) electrons. The molecule has 0 aliphatic carbocycles. The summed E-state index contributed by atoms with van der Waals surface area (Å²) in [4.78, 5) is 16.1. The van der Waals surface area contributed by atoms with Crippen molar-refractivity contribution in [2.24, 2.45) is 0 Å². The lowest BCUT2D eigenvalue weighted by Gasteiger charge is -2.07. The number of benzene rings is 1. The molecule has 2 heterocycles. The number of hydrogen-bond donors (Lipinski definition) is 1. The van der Waals surface area contributed by atoms with Gasteiger partial charge < -0.3 is 4.98 Å².